The van der Waals surface area contributed by atoms with Gasteiger partial charge in [0, 0.05) is 11.0 Å². The highest BCUT2D eigenvalue weighted by molar-refractivity contribution is 7.92. The van der Waals surface area contributed by atoms with Crippen molar-refractivity contribution in [1.29, 1.82) is 0 Å². The van der Waals surface area contributed by atoms with E-state index in [1.165, 1.54) is 12.3 Å². The number of hydrogen-bond acceptors (Lipinski definition) is 12. The lowest BCUT2D eigenvalue weighted by atomic mass is 10.0. The third kappa shape index (κ3) is 6.90. The van der Waals surface area contributed by atoms with Crippen molar-refractivity contribution in [3.8, 4) is 0 Å². The highest BCUT2D eigenvalue weighted by atomic mass is 35.5. The number of ether oxygens (including phenoxy) is 1. The van der Waals surface area contributed by atoms with Crippen LogP contribution in [0.1, 0.15) is 33.4 Å². The van der Waals surface area contributed by atoms with Crippen LogP contribution in [-0.2, 0) is 44.6 Å². The number of nitrogens with zero attached hydrogens (tertiary/aromatic N) is 3. The Morgan fingerprint density at radius 1 is 1.44 bits per heavy atom. The first-order valence-electron chi connectivity index (χ1n) is 11.3. The minimum Gasteiger partial charge on any atom is -0.614 e. The van der Waals surface area contributed by atoms with Gasteiger partial charge in [-0.05, 0) is 38.9 Å². The fourth-order valence-corrected chi connectivity index (χ4v) is 6.19. The van der Waals surface area contributed by atoms with Crippen LogP contribution in [0.3, 0.4) is 0 Å². The van der Waals surface area contributed by atoms with E-state index in [2.05, 4.69) is 25.4 Å². The lowest BCUT2D eigenvalue weighted by molar-refractivity contribution is -0.146. The number of oxime groups is 1. The summed E-state index contributed by atoms with van der Waals surface area (Å²) in [6.45, 7) is 6.38. The van der Waals surface area contributed by atoms with Crippen molar-refractivity contribution in [2.45, 2.75) is 50.8 Å². The van der Waals surface area contributed by atoms with E-state index in [1.807, 2.05) is 0 Å². The average molecular weight is 602 g/mol. The predicted molar refractivity (Wildman–Crippen MR) is 143 cm³/mol. The summed E-state index contributed by atoms with van der Waals surface area (Å²) >= 11 is 5.12. The van der Waals surface area contributed by atoms with Gasteiger partial charge in [0.05, 0.1) is 11.6 Å². The van der Waals surface area contributed by atoms with E-state index >= 15 is 0 Å². The molecule has 0 aromatic carbocycles. The maximum atomic E-state index is 13.3. The van der Waals surface area contributed by atoms with Gasteiger partial charge in [0.15, 0.2) is 23.2 Å². The third-order valence-electron chi connectivity index (χ3n) is 5.22. The van der Waals surface area contributed by atoms with E-state index in [1.54, 1.807) is 20.8 Å². The number of carbonyl (C=O) groups is 5. The van der Waals surface area contributed by atoms with Crippen LogP contribution in [0.4, 0.5) is 9.93 Å². The summed E-state index contributed by atoms with van der Waals surface area (Å²) in [6, 6.07) is -1.24. The van der Waals surface area contributed by atoms with Gasteiger partial charge in [-0.2, -0.15) is 0 Å². The zero-order chi connectivity index (χ0) is 29.1. The molecule has 2 N–H and O–H groups in total. The Bertz CT molecular complexity index is 1230. The largest absolute Gasteiger partial charge is 0.614 e. The first-order valence-corrected chi connectivity index (χ1v) is 14.1. The second-order valence-electron chi connectivity index (χ2n) is 9.19. The van der Waals surface area contributed by atoms with Crippen molar-refractivity contribution >= 4 is 83.2 Å². The molecule has 1 fully saturated rings. The molecule has 3 amide bonds. The second-order valence-corrected chi connectivity index (χ2v) is 11.8. The van der Waals surface area contributed by atoms with E-state index in [0.717, 1.165) is 24.3 Å². The van der Waals surface area contributed by atoms with Crippen LogP contribution in [-0.4, -0.2) is 93.1 Å². The maximum absolute atomic E-state index is 13.3. The number of aldehydes is 1. The number of aromatic nitrogens is 1. The minimum absolute atomic E-state index is 0.0200. The normalized spacial score (nSPS) is 21.8. The Labute approximate surface area is 236 Å². The number of hydrogen-bond donors (Lipinski definition) is 2. The average Bonchev–Trinajstić information content (AvgIpc) is 3.32. The van der Waals surface area contributed by atoms with Gasteiger partial charge in [-0.15, -0.1) is 22.9 Å². The van der Waals surface area contributed by atoms with Gasteiger partial charge < -0.3 is 24.1 Å². The molecule has 0 saturated carbocycles. The van der Waals surface area contributed by atoms with Gasteiger partial charge in [0.25, 0.3) is 11.8 Å². The zero-order valence-corrected chi connectivity index (χ0v) is 23.9. The first-order chi connectivity index (χ1) is 18.3. The molecule has 1 unspecified atom stereocenters. The van der Waals surface area contributed by atoms with E-state index < -0.39 is 63.9 Å². The topological polar surface area (TPSA) is 189 Å². The summed E-state index contributed by atoms with van der Waals surface area (Å²) in [5, 5.41) is 9.08. The van der Waals surface area contributed by atoms with Crippen LogP contribution < -0.4 is 10.6 Å². The summed E-state index contributed by atoms with van der Waals surface area (Å²) in [7, 11) is 1.14. The summed E-state index contributed by atoms with van der Waals surface area (Å²) in [4.78, 5) is 71.8. The van der Waals surface area contributed by atoms with Crippen molar-refractivity contribution in [3.05, 3.63) is 22.3 Å². The molecule has 0 aliphatic carbocycles. The van der Waals surface area contributed by atoms with Crippen LogP contribution >= 0.6 is 22.9 Å². The molecule has 14 nitrogen and oxygen atoms in total. The molecular weight excluding hydrogens is 577 g/mol. The maximum Gasteiger partial charge on any atom is 0.413 e. The van der Waals surface area contributed by atoms with Crippen molar-refractivity contribution < 1.29 is 42.8 Å². The van der Waals surface area contributed by atoms with Gasteiger partial charge in [-0.3, -0.25) is 24.6 Å². The molecule has 0 bridgehead atoms. The fraction of sp³-hybridized carbons (Fsp3) is 0.476. The van der Waals surface area contributed by atoms with E-state index in [4.69, 9.17) is 21.2 Å². The van der Waals surface area contributed by atoms with E-state index in [0.29, 0.717) is 11.9 Å². The Balaban J connectivity index is 1.84. The number of amides is 3. The highest BCUT2D eigenvalue weighted by Crippen LogP contribution is 2.36. The minimum atomic E-state index is -1.65. The SMILES string of the molecule is BOC(=O)[C@H](C)O/N=C(\C(=O)N[C@@H]1C(=O)N2C(C=O)=C(CCl)C[S+]([O-])[C@H]12)c1csc(NC(=O)OC(C)(C)C)n1. The van der Waals surface area contributed by atoms with Crippen LogP contribution in [0.5, 0.6) is 0 Å². The summed E-state index contributed by atoms with van der Waals surface area (Å²) in [6.07, 6.45) is -1.52. The van der Waals surface area contributed by atoms with Crippen molar-refractivity contribution in [1.82, 2.24) is 15.2 Å². The highest BCUT2D eigenvalue weighted by Gasteiger charge is 2.59. The molecular formula is C21H25BClN5O9S2. The number of thiazole rings is 1. The molecule has 3 heterocycles. The third-order valence-corrected chi connectivity index (χ3v) is 7.95. The number of rotatable bonds is 9. The van der Waals surface area contributed by atoms with Crippen molar-refractivity contribution in [2.75, 3.05) is 16.9 Å². The quantitative estimate of drug-likeness (QED) is 0.0729. The number of allylic oxidation sites excluding steroid dienone is 1. The fourth-order valence-electron chi connectivity index (χ4n) is 3.46. The Hall–Kier alpha value is -3.15. The van der Waals surface area contributed by atoms with Crippen LogP contribution in [0.2, 0.25) is 0 Å². The van der Waals surface area contributed by atoms with Gasteiger partial charge in [0.1, 0.15) is 17.0 Å². The first kappa shape index (κ1) is 30.4. The smallest absolute Gasteiger partial charge is 0.413 e. The van der Waals surface area contributed by atoms with Gasteiger partial charge in [0.2, 0.25) is 11.5 Å². The van der Waals surface area contributed by atoms with Crippen molar-refractivity contribution in [2.24, 2.45) is 5.16 Å². The molecule has 18 heteroatoms. The molecule has 4 atom stereocenters. The lowest BCUT2D eigenvalue weighted by Crippen LogP contribution is -2.74. The van der Waals surface area contributed by atoms with Crippen molar-refractivity contribution in [3.63, 3.8) is 0 Å². The molecule has 2 aliphatic heterocycles. The monoisotopic (exact) mass is 601 g/mol. The standard InChI is InChI=1S/C21H25BClN5O9S2/c1-9(18(32)36-22)37-27-13(11-7-38-19(24-11)26-20(33)35-21(2,3)4)15(30)25-14-16(31)28-12(6-29)10(5-23)8-39(34)17(14)28/h6-7,9,14,17H,5,8,22H2,1-4H3,(H,25,30)(H,24,26,33)/b27-13-/t9-,14+,17+,39?/m0/s1. The van der Waals surface area contributed by atoms with Crippen LogP contribution in [0.25, 0.3) is 0 Å². The Kier molecular flexibility index (Phi) is 9.63. The van der Waals surface area contributed by atoms with E-state index in [9.17, 15) is 28.5 Å². The number of anilines is 1. The molecule has 3 rings (SSSR count). The summed E-state index contributed by atoms with van der Waals surface area (Å²) < 4.78 is 22.5. The number of halogens is 1. The molecule has 210 valence electrons. The predicted octanol–water partition coefficient (Wildman–Crippen LogP) is -0.202. The molecule has 2 aliphatic rings. The number of fused-ring (bicyclic) bond motifs is 1. The summed E-state index contributed by atoms with van der Waals surface area (Å²) in [5.41, 5.74) is -0.891. The van der Waals surface area contributed by atoms with Gasteiger partial charge in [-0.25, -0.2) is 14.6 Å². The van der Waals surface area contributed by atoms with Gasteiger partial charge in [-0.1, -0.05) is 5.16 Å². The Morgan fingerprint density at radius 3 is 2.72 bits per heavy atom. The Morgan fingerprint density at radius 2 is 2.13 bits per heavy atom. The lowest BCUT2D eigenvalue weighted by Gasteiger charge is -2.48. The number of nitrogens with one attached hydrogen (secondary N) is 2. The molecule has 0 radical (unpaired) electrons. The molecule has 1 saturated heterocycles. The van der Waals surface area contributed by atoms with E-state index in [-0.39, 0.29) is 28.2 Å². The zero-order valence-electron chi connectivity index (χ0n) is 21.5. The molecule has 1 aromatic rings. The van der Waals surface area contributed by atoms with Gasteiger partial charge >= 0.3 is 20.1 Å². The number of carbonyl (C=O) groups excluding carboxylic acids is 5. The summed E-state index contributed by atoms with van der Waals surface area (Å²) in [5.74, 6) is -2.50. The molecule has 0 spiro atoms. The second kappa shape index (κ2) is 12.4. The van der Waals surface area contributed by atoms with Crippen LogP contribution in [0.15, 0.2) is 21.8 Å². The number of β-lactam (4-membered cyclic amide) rings is 1. The molecule has 1 aromatic heterocycles. The molecule has 39 heavy (non-hydrogen) atoms. The van der Waals surface area contributed by atoms with Crippen LogP contribution in [0, 0.1) is 0 Å². The number of alkyl halides is 1.